The summed E-state index contributed by atoms with van der Waals surface area (Å²) in [6.07, 6.45) is -4.34. The minimum absolute atomic E-state index is 0.0101. The second kappa shape index (κ2) is 5.49. The largest absolute Gasteiger partial charge is 0.405 e. The third kappa shape index (κ3) is 5.32. The summed E-state index contributed by atoms with van der Waals surface area (Å²) in [5, 5.41) is 1.84. The van der Waals surface area contributed by atoms with Crippen molar-refractivity contribution in [2.45, 2.75) is 19.2 Å². The highest BCUT2D eigenvalue weighted by molar-refractivity contribution is 5.78. The third-order valence-electron chi connectivity index (χ3n) is 2.18. The molecule has 0 aliphatic carbocycles. The van der Waals surface area contributed by atoms with Gasteiger partial charge in [0.25, 0.3) is 0 Å². The first-order valence-corrected chi connectivity index (χ1v) is 5.04. The van der Waals surface area contributed by atoms with E-state index in [1.165, 1.54) is 0 Å². The molecule has 1 saturated heterocycles. The van der Waals surface area contributed by atoms with Gasteiger partial charge in [-0.1, -0.05) is 0 Å². The molecule has 1 amide bonds. The number of carbonyl (C=O) groups excluding carboxylic acids is 1. The van der Waals surface area contributed by atoms with Crippen molar-refractivity contribution in [3.63, 3.8) is 0 Å². The van der Waals surface area contributed by atoms with E-state index in [0.717, 1.165) is 0 Å². The third-order valence-corrected chi connectivity index (χ3v) is 2.18. The van der Waals surface area contributed by atoms with Gasteiger partial charge in [0.2, 0.25) is 5.91 Å². The highest BCUT2D eigenvalue weighted by Crippen LogP contribution is 2.12. The number of nitrogens with one attached hydrogen (secondary N) is 1. The maximum atomic E-state index is 11.8. The van der Waals surface area contributed by atoms with Gasteiger partial charge in [0.05, 0.1) is 19.3 Å². The number of ether oxygens (including phenoxy) is 1. The average Bonchev–Trinajstić information content (AvgIpc) is 2.14. The van der Waals surface area contributed by atoms with E-state index in [2.05, 4.69) is 0 Å². The van der Waals surface area contributed by atoms with Crippen LogP contribution in [-0.4, -0.2) is 55.9 Å². The van der Waals surface area contributed by atoms with Gasteiger partial charge in [-0.2, -0.15) is 13.2 Å². The molecule has 0 aromatic carbocycles. The Balaban J connectivity index is 2.23. The van der Waals surface area contributed by atoms with Crippen molar-refractivity contribution in [2.75, 3.05) is 32.8 Å². The number of nitrogens with zero attached hydrogens (tertiary/aromatic N) is 1. The molecule has 0 spiro atoms. The summed E-state index contributed by atoms with van der Waals surface area (Å²) in [6.45, 7) is 2.23. The first-order valence-electron chi connectivity index (χ1n) is 5.04. The number of amides is 1. The predicted molar refractivity (Wildman–Crippen MR) is 50.9 cm³/mol. The highest BCUT2D eigenvalue weighted by Gasteiger charge is 2.28. The number of halogens is 3. The SMILES string of the molecule is CC1CN(CC(=O)NCC(F)(F)F)CCO1. The summed E-state index contributed by atoms with van der Waals surface area (Å²) in [6, 6.07) is 0. The van der Waals surface area contributed by atoms with E-state index in [1.807, 2.05) is 12.2 Å². The minimum Gasteiger partial charge on any atom is -0.376 e. The fraction of sp³-hybridized carbons (Fsp3) is 0.889. The molecule has 94 valence electrons. The molecule has 1 aliphatic rings. The van der Waals surface area contributed by atoms with Gasteiger partial charge in [0.15, 0.2) is 0 Å². The van der Waals surface area contributed by atoms with Crippen LogP contribution in [0.25, 0.3) is 0 Å². The van der Waals surface area contributed by atoms with Crippen molar-refractivity contribution < 1.29 is 22.7 Å². The van der Waals surface area contributed by atoms with E-state index in [1.54, 1.807) is 4.90 Å². The van der Waals surface area contributed by atoms with Crippen molar-refractivity contribution in [3.8, 4) is 0 Å². The zero-order valence-corrected chi connectivity index (χ0v) is 9.01. The molecule has 0 radical (unpaired) electrons. The molecule has 1 aliphatic heterocycles. The van der Waals surface area contributed by atoms with Crippen molar-refractivity contribution in [1.29, 1.82) is 0 Å². The second-order valence-electron chi connectivity index (χ2n) is 3.81. The lowest BCUT2D eigenvalue weighted by molar-refractivity contribution is -0.140. The van der Waals surface area contributed by atoms with Gasteiger partial charge in [-0.15, -0.1) is 0 Å². The maximum absolute atomic E-state index is 11.8. The second-order valence-corrected chi connectivity index (χ2v) is 3.81. The van der Waals surface area contributed by atoms with E-state index in [0.29, 0.717) is 19.7 Å². The van der Waals surface area contributed by atoms with Gasteiger partial charge in [-0.25, -0.2) is 0 Å². The molecule has 0 aromatic heterocycles. The standard InChI is InChI=1S/C9H15F3N2O2/c1-7-4-14(2-3-16-7)5-8(15)13-6-9(10,11)12/h7H,2-6H2,1H3,(H,13,15). The molecule has 1 atom stereocenters. The van der Waals surface area contributed by atoms with Gasteiger partial charge < -0.3 is 10.1 Å². The average molecular weight is 240 g/mol. The molecule has 0 aromatic rings. The van der Waals surface area contributed by atoms with E-state index in [9.17, 15) is 18.0 Å². The van der Waals surface area contributed by atoms with Crippen LogP contribution in [-0.2, 0) is 9.53 Å². The van der Waals surface area contributed by atoms with E-state index in [4.69, 9.17) is 4.74 Å². The summed E-state index contributed by atoms with van der Waals surface area (Å²) in [5.41, 5.74) is 0. The van der Waals surface area contributed by atoms with Gasteiger partial charge in [-0.3, -0.25) is 9.69 Å². The molecule has 4 nitrogen and oxygen atoms in total. The summed E-state index contributed by atoms with van der Waals surface area (Å²) >= 11 is 0. The molecule has 1 rings (SSSR count). The molecule has 1 fully saturated rings. The van der Waals surface area contributed by atoms with Gasteiger partial charge >= 0.3 is 6.18 Å². The fourth-order valence-corrected chi connectivity index (χ4v) is 1.49. The molecular weight excluding hydrogens is 225 g/mol. The number of rotatable bonds is 3. The van der Waals surface area contributed by atoms with Gasteiger partial charge in [-0.05, 0) is 6.92 Å². The van der Waals surface area contributed by atoms with Crippen molar-refractivity contribution >= 4 is 5.91 Å². The first kappa shape index (κ1) is 13.2. The molecule has 7 heteroatoms. The van der Waals surface area contributed by atoms with Crippen LogP contribution in [0.5, 0.6) is 0 Å². The molecule has 1 heterocycles. The number of alkyl halides is 3. The molecule has 0 bridgehead atoms. The number of hydrogen-bond donors (Lipinski definition) is 1. The van der Waals surface area contributed by atoms with Crippen LogP contribution in [0, 0.1) is 0 Å². The summed E-state index contributed by atoms with van der Waals surface area (Å²) < 4.78 is 40.7. The van der Waals surface area contributed by atoms with Crippen LogP contribution in [0.2, 0.25) is 0 Å². The summed E-state index contributed by atoms with van der Waals surface area (Å²) in [4.78, 5) is 12.9. The van der Waals surface area contributed by atoms with Crippen molar-refractivity contribution in [2.24, 2.45) is 0 Å². The molecule has 0 saturated carbocycles. The normalized spacial score (nSPS) is 23.1. The molecule has 1 unspecified atom stereocenters. The van der Waals surface area contributed by atoms with E-state index in [-0.39, 0.29) is 12.6 Å². The lowest BCUT2D eigenvalue weighted by atomic mass is 10.3. The van der Waals surface area contributed by atoms with Crippen LogP contribution in [0.1, 0.15) is 6.92 Å². The van der Waals surface area contributed by atoms with Crippen LogP contribution >= 0.6 is 0 Å². The Morgan fingerprint density at radius 2 is 2.25 bits per heavy atom. The van der Waals surface area contributed by atoms with Crippen LogP contribution < -0.4 is 5.32 Å². The smallest absolute Gasteiger partial charge is 0.376 e. The van der Waals surface area contributed by atoms with Crippen molar-refractivity contribution in [3.05, 3.63) is 0 Å². The van der Waals surface area contributed by atoms with Gasteiger partial charge in [0, 0.05) is 13.1 Å². The Morgan fingerprint density at radius 1 is 1.56 bits per heavy atom. The quantitative estimate of drug-likeness (QED) is 0.775. The van der Waals surface area contributed by atoms with E-state index < -0.39 is 18.6 Å². The lowest BCUT2D eigenvalue weighted by Gasteiger charge is -2.30. The monoisotopic (exact) mass is 240 g/mol. The van der Waals surface area contributed by atoms with E-state index >= 15 is 0 Å². The van der Waals surface area contributed by atoms with Gasteiger partial charge in [0.1, 0.15) is 6.54 Å². The van der Waals surface area contributed by atoms with Crippen molar-refractivity contribution in [1.82, 2.24) is 10.2 Å². The maximum Gasteiger partial charge on any atom is 0.405 e. The zero-order chi connectivity index (χ0) is 12.2. The number of hydrogen-bond acceptors (Lipinski definition) is 3. The summed E-state index contributed by atoms with van der Waals surface area (Å²) in [7, 11) is 0. The minimum atomic E-state index is -4.35. The Kier molecular flexibility index (Phi) is 4.55. The first-order chi connectivity index (χ1) is 7.37. The Morgan fingerprint density at radius 3 is 2.81 bits per heavy atom. The van der Waals surface area contributed by atoms with Crippen LogP contribution in [0.3, 0.4) is 0 Å². The van der Waals surface area contributed by atoms with Crippen LogP contribution in [0.15, 0.2) is 0 Å². The predicted octanol–water partition coefficient (Wildman–Crippen LogP) is 0.386. The Bertz CT molecular complexity index is 245. The highest BCUT2D eigenvalue weighted by atomic mass is 19.4. The number of carbonyl (C=O) groups is 1. The zero-order valence-electron chi connectivity index (χ0n) is 9.01. The fourth-order valence-electron chi connectivity index (χ4n) is 1.49. The molecule has 1 N–H and O–H groups in total. The number of morpholine rings is 1. The Hall–Kier alpha value is -0.820. The molecule has 16 heavy (non-hydrogen) atoms. The topological polar surface area (TPSA) is 41.6 Å². The Labute approximate surface area is 91.7 Å². The molecular formula is C9H15F3N2O2. The lowest BCUT2D eigenvalue weighted by Crippen LogP contribution is -2.47. The summed E-state index contributed by atoms with van der Waals surface area (Å²) in [5.74, 6) is -0.605. The van der Waals surface area contributed by atoms with Crippen LogP contribution in [0.4, 0.5) is 13.2 Å².